The van der Waals surface area contributed by atoms with E-state index < -0.39 is 4.92 Å². The van der Waals surface area contributed by atoms with Crippen LogP contribution in [0.5, 0.6) is 0 Å². The van der Waals surface area contributed by atoms with E-state index in [0.717, 1.165) is 11.8 Å². The highest BCUT2D eigenvalue weighted by Gasteiger charge is 2.21. The molecule has 18 heavy (non-hydrogen) atoms. The van der Waals surface area contributed by atoms with E-state index in [4.69, 9.17) is 4.42 Å². The smallest absolute Gasteiger partial charge is 0.306 e. The number of hydrogen-bond acceptors (Lipinski definition) is 7. The van der Waals surface area contributed by atoms with Crippen molar-refractivity contribution in [2.75, 3.05) is 12.4 Å². The summed E-state index contributed by atoms with van der Waals surface area (Å²) in [5.74, 6) is 0.421. The number of nitrogens with one attached hydrogen (secondary N) is 1. The van der Waals surface area contributed by atoms with Gasteiger partial charge in [-0.15, -0.1) is 10.2 Å². The summed E-state index contributed by atoms with van der Waals surface area (Å²) >= 11 is 1.07. The standard InChI is InChI=1S/C10H10N4O3S/c1-6-12-13-10(17-6)18-8-5-3-4-7(11-2)9(8)14(15)16/h3-5,11H,1-2H3. The Bertz CT molecular complexity index is 584. The summed E-state index contributed by atoms with van der Waals surface area (Å²) in [5, 5.41) is 21.6. The summed E-state index contributed by atoms with van der Waals surface area (Å²) in [4.78, 5) is 11.1. The molecule has 0 atom stereocenters. The third-order valence-electron chi connectivity index (χ3n) is 2.16. The number of nitro groups is 1. The van der Waals surface area contributed by atoms with Crippen molar-refractivity contribution in [2.45, 2.75) is 17.0 Å². The first-order valence-electron chi connectivity index (χ1n) is 5.05. The van der Waals surface area contributed by atoms with Gasteiger partial charge in [0.15, 0.2) is 0 Å². The topological polar surface area (TPSA) is 94.1 Å². The molecule has 8 heteroatoms. The number of aryl methyl sites for hydroxylation is 1. The van der Waals surface area contributed by atoms with Gasteiger partial charge in [0.1, 0.15) is 5.69 Å². The fraction of sp³-hybridized carbons (Fsp3) is 0.200. The molecule has 0 amide bonds. The highest BCUT2D eigenvalue weighted by atomic mass is 32.2. The van der Waals surface area contributed by atoms with E-state index in [1.54, 1.807) is 32.2 Å². The van der Waals surface area contributed by atoms with Crippen LogP contribution in [-0.2, 0) is 0 Å². The molecule has 0 radical (unpaired) electrons. The van der Waals surface area contributed by atoms with Crippen LogP contribution in [0.3, 0.4) is 0 Å². The van der Waals surface area contributed by atoms with Crippen LogP contribution < -0.4 is 5.32 Å². The molecule has 1 heterocycles. The molecule has 1 aromatic carbocycles. The Kier molecular flexibility index (Phi) is 3.47. The Morgan fingerprint density at radius 1 is 1.44 bits per heavy atom. The van der Waals surface area contributed by atoms with Crippen molar-refractivity contribution in [3.8, 4) is 0 Å². The van der Waals surface area contributed by atoms with Gasteiger partial charge in [-0.2, -0.15) is 0 Å². The number of benzene rings is 1. The average Bonchev–Trinajstić information content (AvgIpc) is 2.74. The summed E-state index contributed by atoms with van der Waals surface area (Å²) in [6.45, 7) is 1.66. The SMILES string of the molecule is CNc1cccc(Sc2nnc(C)o2)c1[N+](=O)[O-]. The Balaban J connectivity index is 2.41. The van der Waals surface area contributed by atoms with Gasteiger partial charge in [0.05, 0.1) is 9.82 Å². The normalized spacial score (nSPS) is 10.3. The minimum Gasteiger partial charge on any atom is -0.416 e. The van der Waals surface area contributed by atoms with Crippen LogP contribution in [0.2, 0.25) is 0 Å². The van der Waals surface area contributed by atoms with Crippen molar-refractivity contribution >= 4 is 23.1 Å². The molecule has 1 N–H and O–H groups in total. The van der Waals surface area contributed by atoms with E-state index in [-0.39, 0.29) is 10.9 Å². The van der Waals surface area contributed by atoms with Crippen molar-refractivity contribution in [1.82, 2.24) is 10.2 Å². The number of anilines is 1. The maximum Gasteiger partial charge on any atom is 0.306 e. The molecule has 0 saturated heterocycles. The number of nitrogens with zero attached hydrogens (tertiary/aromatic N) is 3. The predicted octanol–water partition coefficient (Wildman–Crippen LogP) is 2.48. The van der Waals surface area contributed by atoms with Gasteiger partial charge in [-0.3, -0.25) is 10.1 Å². The molecule has 0 aliphatic heterocycles. The number of hydrogen-bond donors (Lipinski definition) is 1. The van der Waals surface area contributed by atoms with Crippen LogP contribution in [-0.4, -0.2) is 22.2 Å². The van der Waals surface area contributed by atoms with Crippen molar-refractivity contribution in [3.63, 3.8) is 0 Å². The van der Waals surface area contributed by atoms with Crippen molar-refractivity contribution in [2.24, 2.45) is 0 Å². The van der Waals surface area contributed by atoms with Crippen molar-refractivity contribution in [1.29, 1.82) is 0 Å². The van der Waals surface area contributed by atoms with Gasteiger partial charge in [-0.05, 0) is 23.9 Å². The van der Waals surface area contributed by atoms with Gasteiger partial charge in [-0.25, -0.2) is 0 Å². The average molecular weight is 266 g/mol. The first-order chi connectivity index (χ1) is 8.61. The van der Waals surface area contributed by atoms with Gasteiger partial charge in [0.25, 0.3) is 5.22 Å². The fourth-order valence-corrected chi connectivity index (χ4v) is 2.27. The predicted molar refractivity (Wildman–Crippen MR) is 65.8 cm³/mol. The van der Waals surface area contributed by atoms with Gasteiger partial charge < -0.3 is 9.73 Å². The molecule has 1 aromatic heterocycles. The van der Waals surface area contributed by atoms with E-state index in [1.807, 2.05) is 0 Å². The first kappa shape index (κ1) is 12.4. The van der Waals surface area contributed by atoms with E-state index in [0.29, 0.717) is 16.5 Å². The minimum atomic E-state index is -0.433. The molecule has 7 nitrogen and oxygen atoms in total. The summed E-state index contributed by atoms with van der Waals surface area (Å²) in [5.41, 5.74) is 0.446. The molecular weight excluding hydrogens is 256 g/mol. The number of nitro benzene ring substituents is 1. The molecule has 0 unspecified atom stereocenters. The van der Waals surface area contributed by atoms with Crippen LogP contribution in [0.4, 0.5) is 11.4 Å². The van der Waals surface area contributed by atoms with Crippen LogP contribution in [0.15, 0.2) is 32.7 Å². The summed E-state index contributed by atoms with van der Waals surface area (Å²) in [6.07, 6.45) is 0. The zero-order valence-electron chi connectivity index (χ0n) is 9.71. The molecule has 0 aliphatic carbocycles. The molecule has 2 rings (SSSR count). The van der Waals surface area contributed by atoms with Crippen LogP contribution >= 0.6 is 11.8 Å². The Morgan fingerprint density at radius 2 is 2.22 bits per heavy atom. The largest absolute Gasteiger partial charge is 0.416 e. The quantitative estimate of drug-likeness (QED) is 0.671. The third-order valence-corrected chi connectivity index (χ3v) is 3.04. The summed E-state index contributed by atoms with van der Waals surface area (Å²) < 4.78 is 5.19. The summed E-state index contributed by atoms with van der Waals surface area (Å²) in [7, 11) is 1.63. The number of para-hydroxylation sites is 1. The van der Waals surface area contributed by atoms with E-state index in [1.165, 1.54) is 0 Å². The van der Waals surface area contributed by atoms with Gasteiger partial charge in [0, 0.05) is 14.0 Å². The monoisotopic (exact) mass is 266 g/mol. The maximum absolute atomic E-state index is 11.1. The molecule has 2 aromatic rings. The Hall–Kier alpha value is -2.09. The van der Waals surface area contributed by atoms with Crippen molar-refractivity contribution < 1.29 is 9.34 Å². The molecular formula is C10H10N4O3S. The van der Waals surface area contributed by atoms with Gasteiger partial charge >= 0.3 is 5.69 Å². The fourth-order valence-electron chi connectivity index (χ4n) is 1.41. The lowest BCUT2D eigenvalue weighted by Gasteiger charge is -2.04. The molecule has 0 spiro atoms. The molecule has 0 saturated carbocycles. The van der Waals surface area contributed by atoms with Crippen LogP contribution in [0.1, 0.15) is 5.89 Å². The molecule has 0 bridgehead atoms. The molecule has 94 valence electrons. The Morgan fingerprint density at radius 3 is 2.78 bits per heavy atom. The molecule has 0 fully saturated rings. The Labute approximate surface area is 107 Å². The second-order valence-corrected chi connectivity index (χ2v) is 4.34. The number of aromatic nitrogens is 2. The third kappa shape index (κ3) is 2.43. The van der Waals surface area contributed by atoms with Gasteiger partial charge in [0.2, 0.25) is 5.89 Å². The lowest BCUT2D eigenvalue weighted by atomic mass is 10.3. The first-order valence-corrected chi connectivity index (χ1v) is 5.86. The summed E-state index contributed by atoms with van der Waals surface area (Å²) in [6, 6.07) is 5.01. The lowest BCUT2D eigenvalue weighted by molar-refractivity contribution is -0.386. The molecule has 0 aliphatic rings. The van der Waals surface area contributed by atoms with Crippen LogP contribution in [0.25, 0.3) is 0 Å². The van der Waals surface area contributed by atoms with E-state index >= 15 is 0 Å². The number of rotatable bonds is 4. The van der Waals surface area contributed by atoms with Crippen molar-refractivity contribution in [3.05, 3.63) is 34.2 Å². The maximum atomic E-state index is 11.1. The zero-order valence-corrected chi connectivity index (χ0v) is 10.5. The highest BCUT2D eigenvalue weighted by molar-refractivity contribution is 7.99. The van der Waals surface area contributed by atoms with Crippen LogP contribution in [0, 0.1) is 17.0 Å². The second kappa shape index (κ2) is 5.05. The minimum absolute atomic E-state index is 0.000790. The second-order valence-electron chi connectivity index (χ2n) is 3.35. The zero-order chi connectivity index (χ0) is 13.1. The van der Waals surface area contributed by atoms with Gasteiger partial charge in [-0.1, -0.05) is 6.07 Å². The van der Waals surface area contributed by atoms with E-state index in [9.17, 15) is 10.1 Å². The van der Waals surface area contributed by atoms with E-state index in [2.05, 4.69) is 15.5 Å². The highest BCUT2D eigenvalue weighted by Crippen LogP contribution is 2.38. The lowest BCUT2D eigenvalue weighted by Crippen LogP contribution is -1.98.